The van der Waals surface area contributed by atoms with E-state index in [4.69, 9.17) is 21.1 Å². The van der Waals surface area contributed by atoms with E-state index in [0.717, 1.165) is 0 Å². The summed E-state index contributed by atoms with van der Waals surface area (Å²) in [7, 11) is 0. The second kappa shape index (κ2) is 2.13. The quantitative estimate of drug-likeness (QED) is 0.615. The lowest BCUT2D eigenvalue weighted by atomic mass is 10.3. The van der Waals surface area contributed by atoms with Gasteiger partial charge >= 0.3 is 0 Å². The maximum Gasteiger partial charge on any atom is 0.231 e. The molecule has 0 fully saturated rings. The van der Waals surface area contributed by atoms with Crippen LogP contribution in [-0.2, 0) is 0 Å². The van der Waals surface area contributed by atoms with Crippen LogP contribution >= 0.6 is 11.6 Å². The van der Waals surface area contributed by atoms with Crippen LogP contribution in [0.5, 0.6) is 5.75 Å². The molecule has 2 aromatic heterocycles. The van der Waals surface area contributed by atoms with Gasteiger partial charge in [-0.2, -0.15) is 0 Å². The summed E-state index contributed by atoms with van der Waals surface area (Å²) in [6, 6.07) is 3.25. The molecule has 0 aliphatic carbocycles. The third kappa shape index (κ3) is 0.935. The predicted octanol–water partition coefficient (Wildman–Crippen LogP) is 2.19. The normalized spacial score (nSPS) is 10.6. The average Bonchev–Trinajstić information content (AvgIpc) is 2.32. The minimum atomic E-state index is 0.0872. The molecule has 0 radical (unpaired) electrons. The summed E-state index contributed by atoms with van der Waals surface area (Å²) in [5, 5.41) is 10.1. The Morgan fingerprint density at radius 1 is 1.45 bits per heavy atom. The Balaban J connectivity index is 2.86. The first-order valence-corrected chi connectivity index (χ1v) is 3.38. The number of nitrogens with zero attached hydrogens (tertiary/aromatic N) is 1. The van der Waals surface area contributed by atoms with Crippen molar-refractivity contribution in [1.82, 2.24) is 4.98 Å². The molecule has 0 saturated heterocycles. The number of fused-ring (bicyclic) bond motifs is 1. The van der Waals surface area contributed by atoms with Gasteiger partial charge in [0.05, 0.1) is 5.39 Å². The van der Waals surface area contributed by atoms with Crippen LogP contribution in [0.3, 0.4) is 0 Å². The number of furan rings is 1. The Bertz CT molecular complexity index is 396. The molecule has 4 heteroatoms. The zero-order valence-corrected chi connectivity index (χ0v) is 6.17. The topological polar surface area (TPSA) is 46.3 Å². The number of aromatic hydroxyl groups is 1. The van der Waals surface area contributed by atoms with Gasteiger partial charge in [0.25, 0.3) is 0 Å². The van der Waals surface area contributed by atoms with Crippen LogP contribution in [0.4, 0.5) is 0 Å². The predicted molar refractivity (Wildman–Crippen MR) is 40.7 cm³/mol. The summed E-state index contributed by atoms with van der Waals surface area (Å²) < 4.78 is 4.88. The van der Waals surface area contributed by atoms with Crippen LogP contribution in [0.1, 0.15) is 0 Å². The van der Waals surface area contributed by atoms with Crippen molar-refractivity contribution in [2.75, 3.05) is 0 Å². The van der Waals surface area contributed by atoms with Gasteiger partial charge in [-0.25, -0.2) is 4.98 Å². The molecule has 0 aliphatic rings. The first-order chi connectivity index (χ1) is 5.27. The SMILES string of the molecule is Oc1coc2nc(Cl)ccc12. The summed E-state index contributed by atoms with van der Waals surface area (Å²) >= 11 is 5.58. The van der Waals surface area contributed by atoms with Crippen molar-refractivity contribution in [3.8, 4) is 5.75 Å². The van der Waals surface area contributed by atoms with Crippen LogP contribution < -0.4 is 0 Å². The van der Waals surface area contributed by atoms with Gasteiger partial charge in [0, 0.05) is 0 Å². The molecule has 2 aromatic rings. The molecule has 3 nitrogen and oxygen atoms in total. The second-order valence-electron chi connectivity index (χ2n) is 2.11. The van der Waals surface area contributed by atoms with Crippen LogP contribution in [0.25, 0.3) is 11.1 Å². The van der Waals surface area contributed by atoms with Crippen LogP contribution in [-0.4, -0.2) is 10.1 Å². The molecule has 0 aliphatic heterocycles. The number of pyridine rings is 1. The molecule has 2 rings (SSSR count). The maximum atomic E-state index is 9.13. The molecule has 0 aromatic carbocycles. The van der Waals surface area contributed by atoms with Crippen LogP contribution in [0.15, 0.2) is 22.8 Å². The maximum absolute atomic E-state index is 9.13. The molecule has 11 heavy (non-hydrogen) atoms. The molecule has 0 atom stereocenters. The Kier molecular flexibility index (Phi) is 1.26. The van der Waals surface area contributed by atoms with Crippen molar-refractivity contribution in [2.24, 2.45) is 0 Å². The van der Waals surface area contributed by atoms with Crippen molar-refractivity contribution >= 4 is 22.7 Å². The van der Waals surface area contributed by atoms with Crippen molar-refractivity contribution in [3.63, 3.8) is 0 Å². The number of hydrogen-bond donors (Lipinski definition) is 1. The fourth-order valence-electron chi connectivity index (χ4n) is 0.878. The van der Waals surface area contributed by atoms with Gasteiger partial charge in [0.2, 0.25) is 5.71 Å². The van der Waals surface area contributed by atoms with Gasteiger partial charge in [-0.1, -0.05) is 11.6 Å². The smallest absolute Gasteiger partial charge is 0.231 e. The molecule has 2 heterocycles. The van der Waals surface area contributed by atoms with Gasteiger partial charge in [-0.3, -0.25) is 0 Å². The molecule has 0 amide bonds. The summed E-state index contributed by atoms with van der Waals surface area (Å²) in [4.78, 5) is 3.84. The van der Waals surface area contributed by atoms with E-state index in [0.29, 0.717) is 16.3 Å². The third-order valence-electron chi connectivity index (χ3n) is 1.38. The van der Waals surface area contributed by atoms with Crippen LogP contribution in [0, 0.1) is 0 Å². The summed E-state index contributed by atoms with van der Waals surface area (Å²) in [6.07, 6.45) is 1.23. The molecule has 0 saturated carbocycles. The third-order valence-corrected chi connectivity index (χ3v) is 1.59. The molecule has 1 N–H and O–H groups in total. The standard InChI is InChI=1S/C7H4ClNO2/c8-6-2-1-4-5(10)3-11-7(4)9-6/h1-3,10H. The number of aromatic nitrogens is 1. The fraction of sp³-hybridized carbons (Fsp3) is 0. The average molecular weight is 170 g/mol. The fourth-order valence-corrected chi connectivity index (χ4v) is 1.02. The van der Waals surface area contributed by atoms with E-state index in [9.17, 15) is 0 Å². The number of rotatable bonds is 0. The van der Waals surface area contributed by atoms with Gasteiger partial charge in [-0.15, -0.1) is 0 Å². The molecular formula is C7H4ClNO2. The minimum Gasteiger partial charge on any atom is -0.504 e. The van der Waals surface area contributed by atoms with Crippen molar-refractivity contribution in [2.45, 2.75) is 0 Å². The van der Waals surface area contributed by atoms with Crippen molar-refractivity contribution in [3.05, 3.63) is 23.5 Å². The molecular weight excluding hydrogens is 166 g/mol. The Morgan fingerprint density at radius 2 is 2.27 bits per heavy atom. The van der Waals surface area contributed by atoms with Crippen molar-refractivity contribution in [1.29, 1.82) is 0 Å². The highest BCUT2D eigenvalue weighted by molar-refractivity contribution is 6.29. The summed E-state index contributed by atoms with van der Waals surface area (Å²) in [5.74, 6) is 0.0872. The van der Waals surface area contributed by atoms with Gasteiger partial charge in [0.15, 0.2) is 5.75 Å². The van der Waals surface area contributed by atoms with Gasteiger partial charge < -0.3 is 9.52 Å². The van der Waals surface area contributed by atoms with E-state index in [1.54, 1.807) is 12.1 Å². The highest BCUT2D eigenvalue weighted by atomic mass is 35.5. The number of hydrogen-bond acceptors (Lipinski definition) is 3. The lowest BCUT2D eigenvalue weighted by molar-refractivity contribution is 0.464. The van der Waals surface area contributed by atoms with Gasteiger partial charge in [-0.05, 0) is 12.1 Å². The largest absolute Gasteiger partial charge is 0.504 e. The Morgan fingerprint density at radius 3 is 3.09 bits per heavy atom. The summed E-state index contributed by atoms with van der Waals surface area (Å²) in [5.41, 5.74) is 0.356. The van der Waals surface area contributed by atoms with E-state index in [2.05, 4.69) is 4.98 Å². The zero-order chi connectivity index (χ0) is 7.84. The van der Waals surface area contributed by atoms with Crippen LogP contribution in [0.2, 0.25) is 5.15 Å². The summed E-state index contributed by atoms with van der Waals surface area (Å²) in [6.45, 7) is 0. The number of halogens is 1. The van der Waals surface area contributed by atoms with E-state index in [-0.39, 0.29) is 5.75 Å². The molecule has 0 spiro atoms. The van der Waals surface area contributed by atoms with E-state index >= 15 is 0 Å². The lowest BCUT2D eigenvalue weighted by Crippen LogP contribution is -1.72. The highest BCUT2D eigenvalue weighted by Crippen LogP contribution is 2.25. The second-order valence-corrected chi connectivity index (χ2v) is 2.49. The highest BCUT2D eigenvalue weighted by Gasteiger charge is 2.04. The van der Waals surface area contributed by atoms with E-state index < -0.39 is 0 Å². The first kappa shape index (κ1) is 6.49. The van der Waals surface area contributed by atoms with Gasteiger partial charge in [0.1, 0.15) is 11.4 Å². The first-order valence-electron chi connectivity index (χ1n) is 3.00. The Labute approximate surface area is 67.2 Å². The van der Waals surface area contributed by atoms with E-state index in [1.165, 1.54) is 6.26 Å². The Hall–Kier alpha value is -1.22. The molecule has 0 bridgehead atoms. The lowest BCUT2D eigenvalue weighted by Gasteiger charge is -1.87. The zero-order valence-electron chi connectivity index (χ0n) is 5.41. The van der Waals surface area contributed by atoms with Crippen molar-refractivity contribution < 1.29 is 9.52 Å². The van der Waals surface area contributed by atoms with E-state index in [1.807, 2.05) is 0 Å². The molecule has 56 valence electrons. The molecule has 0 unspecified atom stereocenters. The monoisotopic (exact) mass is 169 g/mol. The minimum absolute atomic E-state index is 0.0872.